The van der Waals surface area contributed by atoms with Crippen molar-refractivity contribution in [2.75, 3.05) is 5.32 Å². The van der Waals surface area contributed by atoms with Crippen LogP contribution >= 0.6 is 0 Å². The Morgan fingerprint density at radius 1 is 1.07 bits per heavy atom. The van der Waals surface area contributed by atoms with Crippen LogP contribution in [-0.4, -0.2) is 46.7 Å². The topological polar surface area (TPSA) is 107 Å². The predicted octanol–water partition coefficient (Wildman–Crippen LogP) is 6.66. The van der Waals surface area contributed by atoms with Crippen LogP contribution in [0.2, 0.25) is 18.1 Å². The van der Waals surface area contributed by atoms with Crippen LogP contribution in [0, 0.1) is 11.8 Å². The molecule has 222 valence electrons. The molecule has 0 bridgehead atoms. The summed E-state index contributed by atoms with van der Waals surface area (Å²) in [5.74, 6) is 0.811. The average molecular weight is 572 g/mol. The first-order chi connectivity index (χ1) is 18.5. The molecule has 9 nitrogen and oxygen atoms in total. The molecule has 1 aliphatic carbocycles. The minimum absolute atomic E-state index is 0.0425. The molecule has 2 aromatic heterocycles. The Hall–Kier alpha value is -2.72. The first-order valence-corrected chi connectivity index (χ1v) is 17.3. The highest BCUT2D eigenvalue weighted by Crippen LogP contribution is 2.38. The number of amides is 2. The number of aromatic nitrogens is 3. The van der Waals surface area contributed by atoms with Gasteiger partial charge in [-0.1, -0.05) is 40.5 Å². The van der Waals surface area contributed by atoms with Gasteiger partial charge in [-0.05, 0) is 75.7 Å². The number of nitrogens with zero attached hydrogens (tertiary/aromatic N) is 3. The summed E-state index contributed by atoms with van der Waals surface area (Å²) in [6.45, 7) is 19.3. The lowest BCUT2D eigenvalue weighted by molar-refractivity contribution is -0.119. The molecule has 10 heteroatoms. The molecule has 2 amide bonds. The van der Waals surface area contributed by atoms with E-state index in [2.05, 4.69) is 61.5 Å². The van der Waals surface area contributed by atoms with Gasteiger partial charge in [-0.2, -0.15) is 5.10 Å². The van der Waals surface area contributed by atoms with E-state index in [4.69, 9.17) is 9.16 Å². The zero-order valence-corrected chi connectivity index (χ0v) is 27.1. The number of carbonyl (C=O) groups is 2. The Labute approximate surface area is 240 Å². The molecule has 2 heterocycles. The van der Waals surface area contributed by atoms with Gasteiger partial charge in [0.15, 0.2) is 8.32 Å². The number of carbonyl (C=O) groups excluding carboxylic acids is 2. The third kappa shape index (κ3) is 8.39. The van der Waals surface area contributed by atoms with Crippen LogP contribution in [0.5, 0.6) is 0 Å². The Bertz CT molecular complexity index is 1160. The van der Waals surface area contributed by atoms with Gasteiger partial charge in [0.2, 0.25) is 5.91 Å². The molecule has 2 N–H and O–H groups in total. The SMILES string of the molecule is CC1CCC([C@H](NC(=O)OC(C)(C)C)C(=O)Nc2ccc(-c3c(CO[Si](C)(C)C(C)(C)C)cnn3C)cn2)CC1. The smallest absolute Gasteiger partial charge is 0.408 e. The number of aryl methyl sites for hydroxylation is 1. The van der Waals surface area contributed by atoms with Gasteiger partial charge in [-0.15, -0.1) is 0 Å². The fraction of sp³-hybridized carbons (Fsp3) is 0.667. The van der Waals surface area contributed by atoms with Gasteiger partial charge in [-0.25, -0.2) is 9.78 Å². The molecule has 3 rings (SSSR count). The van der Waals surface area contributed by atoms with Gasteiger partial charge in [0.05, 0.1) is 18.5 Å². The standard InChI is InChI=1S/C30H49N5O4Si/c1-20-11-13-21(14-12-20)25(34-28(37)39-29(2,3)4)27(36)33-24-16-15-22(17-31-24)26-23(18-32-35(26)8)19-38-40(9,10)30(5,6)7/h15-18,20-21,25H,11-14,19H2,1-10H3,(H,34,37)(H,31,33,36)/t20?,21?,25-/m0/s1. The number of ether oxygens (including phenoxy) is 1. The van der Waals surface area contributed by atoms with Gasteiger partial charge in [-0.3, -0.25) is 9.48 Å². The highest BCUT2D eigenvalue weighted by molar-refractivity contribution is 6.74. The van der Waals surface area contributed by atoms with Crippen molar-refractivity contribution < 1.29 is 18.8 Å². The van der Waals surface area contributed by atoms with Crippen LogP contribution < -0.4 is 10.6 Å². The maximum absolute atomic E-state index is 13.4. The van der Waals surface area contributed by atoms with Crippen LogP contribution in [0.1, 0.15) is 79.7 Å². The second kappa shape index (κ2) is 12.4. The molecular weight excluding hydrogens is 522 g/mol. The van der Waals surface area contributed by atoms with Crippen LogP contribution in [-0.2, 0) is 27.6 Å². The number of rotatable bonds is 8. The van der Waals surface area contributed by atoms with Gasteiger partial charge in [0.25, 0.3) is 0 Å². The minimum Gasteiger partial charge on any atom is -0.444 e. The first-order valence-electron chi connectivity index (χ1n) is 14.4. The molecule has 1 atom stereocenters. The molecule has 40 heavy (non-hydrogen) atoms. The summed E-state index contributed by atoms with van der Waals surface area (Å²) in [6.07, 6.45) is 6.81. The normalized spacial score (nSPS) is 19.1. The van der Waals surface area contributed by atoms with Crippen molar-refractivity contribution >= 4 is 26.1 Å². The Kier molecular flexibility index (Phi) is 9.88. The summed E-state index contributed by atoms with van der Waals surface area (Å²) in [7, 11) is -0.0216. The first kappa shape index (κ1) is 31.8. The summed E-state index contributed by atoms with van der Waals surface area (Å²) >= 11 is 0. The van der Waals surface area contributed by atoms with Gasteiger partial charge in [0, 0.05) is 24.4 Å². The number of pyridine rings is 1. The summed E-state index contributed by atoms with van der Waals surface area (Å²) in [5.41, 5.74) is 2.17. The second-order valence-electron chi connectivity index (χ2n) is 13.8. The van der Waals surface area contributed by atoms with Crippen molar-refractivity contribution in [1.82, 2.24) is 20.1 Å². The van der Waals surface area contributed by atoms with Crippen molar-refractivity contribution in [1.29, 1.82) is 0 Å². The highest BCUT2D eigenvalue weighted by Gasteiger charge is 2.37. The van der Waals surface area contributed by atoms with E-state index in [9.17, 15) is 9.59 Å². The van der Waals surface area contributed by atoms with Crippen molar-refractivity contribution in [3.63, 3.8) is 0 Å². The maximum Gasteiger partial charge on any atom is 0.408 e. The van der Waals surface area contributed by atoms with E-state index in [1.165, 1.54) is 0 Å². The van der Waals surface area contributed by atoms with Crippen molar-refractivity contribution in [2.24, 2.45) is 18.9 Å². The zero-order chi connectivity index (χ0) is 29.9. The van der Waals surface area contributed by atoms with Crippen molar-refractivity contribution in [3.05, 3.63) is 30.1 Å². The molecule has 0 unspecified atom stereocenters. The number of nitrogens with one attached hydrogen (secondary N) is 2. The lowest BCUT2D eigenvalue weighted by Gasteiger charge is -2.36. The number of alkyl carbamates (subject to hydrolysis) is 1. The molecule has 1 aliphatic rings. The lowest BCUT2D eigenvalue weighted by atomic mass is 9.79. The van der Waals surface area contributed by atoms with Gasteiger partial charge >= 0.3 is 6.09 Å². The lowest BCUT2D eigenvalue weighted by Crippen LogP contribution is -2.50. The van der Waals surface area contributed by atoms with Crippen LogP contribution in [0.15, 0.2) is 24.5 Å². The van der Waals surface area contributed by atoms with Crippen LogP contribution in [0.3, 0.4) is 0 Å². The summed E-state index contributed by atoms with van der Waals surface area (Å²) in [4.78, 5) is 30.6. The quantitative estimate of drug-likeness (QED) is 0.343. The summed E-state index contributed by atoms with van der Waals surface area (Å²) < 4.78 is 13.7. The number of hydrogen-bond donors (Lipinski definition) is 2. The third-order valence-corrected chi connectivity index (χ3v) is 12.7. The molecule has 0 radical (unpaired) electrons. The largest absolute Gasteiger partial charge is 0.444 e. The van der Waals surface area contributed by atoms with E-state index in [0.29, 0.717) is 18.3 Å². The van der Waals surface area contributed by atoms with E-state index in [-0.39, 0.29) is 16.9 Å². The maximum atomic E-state index is 13.4. The van der Waals surface area contributed by atoms with Crippen molar-refractivity contribution in [3.8, 4) is 11.3 Å². The van der Waals surface area contributed by atoms with E-state index in [1.54, 1.807) is 12.3 Å². The van der Waals surface area contributed by atoms with E-state index in [1.807, 2.05) is 44.8 Å². The molecule has 0 aromatic carbocycles. The molecule has 1 fully saturated rings. The molecular formula is C30H49N5O4Si. The zero-order valence-electron chi connectivity index (χ0n) is 26.1. The minimum atomic E-state index is -1.92. The number of anilines is 1. The predicted molar refractivity (Wildman–Crippen MR) is 161 cm³/mol. The summed E-state index contributed by atoms with van der Waals surface area (Å²) in [5, 5.41) is 10.3. The van der Waals surface area contributed by atoms with E-state index >= 15 is 0 Å². The molecule has 0 aliphatic heterocycles. The highest BCUT2D eigenvalue weighted by atomic mass is 28.4. The van der Waals surface area contributed by atoms with Gasteiger partial charge in [0.1, 0.15) is 17.5 Å². The number of hydrogen-bond acceptors (Lipinski definition) is 6. The molecule has 0 spiro atoms. The molecule has 1 saturated carbocycles. The summed E-state index contributed by atoms with van der Waals surface area (Å²) in [6, 6.07) is 3.01. The Morgan fingerprint density at radius 3 is 2.27 bits per heavy atom. The van der Waals surface area contributed by atoms with Crippen molar-refractivity contribution in [2.45, 2.75) is 111 Å². The Morgan fingerprint density at radius 2 is 1.73 bits per heavy atom. The van der Waals surface area contributed by atoms with E-state index in [0.717, 1.165) is 42.5 Å². The second-order valence-corrected chi connectivity index (χ2v) is 18.6. The monoisotopic (exact) mass is 571 g/mol. The van der Waals surface area contributed by atoms with E-state index < -0.39 is 26.1 Å². The Balaban J connectivity index is 1.74. The average Bonchev–Trinajstić information content (AvgIpc) is 3.21. The van der Waals surface area contributed by atoms with Crippen LogP contribution in [0.25, 0.3) is 11.3 Å². The van der Waals surface area contributed by atoms with Crippen LogP contribution in [0.4, 0.5) is 10.6 Å². The molecule has 0 saturated heterocycles. The fourth-order valence-electron chi connectivity index (χ4n) is 4.70. The van der Waals surface area contributed by atoms with Gasteiger partial charge < -0.3 is 19.8 Å². The molecule has 2 aromatic rings. The fourth-order valence-corrected chi connectivity index (χ4v) is 5.65. The third-order valence-electron chi connectivity index (χ3n) is 8.18.